The first-order chi connectivity index (χ1) is 11.7. The molecule has 24 heavy (non-hydrogen) atoms. The molecule has 0 bridgehead atoms. The number of carbonyl (C=O) groups excluding carboxylic acids is 1. The number of hydrogen-bond acceptors (Lipinski definition) is 6. The van der Waals surface area contributed by atoms with Gasteiger partial charge in [-0.3, -0.25) is 9.69 Å². The lowest BCUT2D eigenvalue weighted by Gasteiger charge is -2.28. The van der Waals surface area contributed by atoms with Gasteiger partial charge >= 0.3 is 0 Å². The van der Waals surface area contributed by atoms with Crippen molar-refractivity contribution in [1.82, 2.24) is 20.4 Å². The van der Waals surface area contributed by atoms with Crippen molar-refractivity contribution in [1.29, 1.82) is 0 Å². The normalized spacial score (nSPS) is 28.0. The summed E-state index contributed by atoms with van der Waals surface area (Å²) >= 11 is 0. The standard InChI is InChI=1S/C17H26N4O3/c1-23-10-16-19-15(20-24-16)9-21-7-13(11-5-6-11)14(8-21)18-17(22)12-3-2-4-12/h11-14H,2-10H2,1H3,(H,18,22)/t13-,14+/m1/s1. The van der Waals surface area contributed by atoms with E-state index in [9.17, 15) is 4.79 Å². The molecule has 7 nitrogen and oxygen atoms in total. The summed E-state index contributed by atoms with van der Waals surface area (Å²) in [6, 6.07) is 0.274. The van der Waals surface area contributed by atoms with Crippen molar-refractivity contribution in [2.24, 2.45) is 17.8 Å². The van der Waals surface area contributed by atoms with Crippen LogP contribution >= 0.6 is 0 Å². The minimum atomic E-state index is 0.257. The van der Waals surface area contributed by atoms with E-state index in [2.05, 4.69) is 20.4 Å². The Kier molecular flexibility index (Phi) is 4.54. The van der Waals surface area contributed by atoms with E-state index in [1.807, 2.05) is 0 Å². The first-order valence-corrected chi connectivity index (χ1v) is 9.06. The number of methoxy groups -OCH3 is 1. The highest BCUT2D eigenvalue weighted by molar-refractivity contribution is 5.79. The number of amides is 1. The average molecular weight is 334 g/mol. The Morgan fingerprint density at radius 1 is 1.33 bits per heavy atom. The lowest BCUT2D eigenvalue weighted by Crippen LogP contribution is -2.45. The summed E-state index contributed by atoms with van der Waals surface area (Å²) in [6.45, 7) is 2.91. The van der Waals surface area contributed by atoms with Crippen LogP contribution < -0.4 is 5.32 Å². The molecule has 1 saturated heterocycles. The maximum atomic E-state index is 12.3. The summed E-state index contributed by atoms with van der Waals surface area (Å²) in [5, 5.41) is 7.35. The van der Waals surface area contributed by atoms with Crippen molar-refractivity contribution in [3.8, 4) is 0 Å². The van der Waals surface area contributed by atoms with Crippen molar-refractivity contribution >= 4 is 5.91 Å². The van der Waals surface area contributed by atoms with Gasteiger partial charge in [-0.1, -0.05) is 11.6 Å². The monoisotopic (exact) mass is 334 g/mol. The predicted molar refractivity (Wildman–Crippen MR) is 85.8 cm³/mol. The van der Waals surface area contributed by atoms with Crippen LogP contribution in [-0.4, -0.2) is 47.2 Å². The molecule has 3 fully saturated rings. The molecule has 0 aromatic carbocycles. The molecule has 2 atom stereocenters. The quantitative estimate of drug-likeness (QED) is 0.810. The average Bonchev–Trinajstić information content (AvgIpc) is 3.13. The van der Waals surface area contributed by atoms with Crippen molar-refractivity contribution < 1.29 is 14.1 Å². The highest BCUT2D eigenvalue weighted by atomic mass is 16.5. The molecule has 1 aliphatic heterocycles. The Morgan fingerprint density at radius 2 is 2.17 bits per heavy atom. The largest absolute Gasteiger partial charge is 0.375 e. The SMILES string of the molecule is COCc1nc(CN2C[C@H](NC(=O)C3CCC3)[C@@H](C3CC3)C2)no1. The van der Waals surface area contributed by atoms with E-state index >= 15 is 0 Å². The molecule has 3 aliphatic rings. The molecule has 0 unspecified atom stereocenters. The maximum Gasteiger partial charge on any atom is 0.252 e. The van der Waals surface area contributed by atoms with Crippen molar-refractivity contribution in [2.45, 2.75) is 51.3 Å². The zero-order chi connectivity index (χ0) is 16.5. The highest BCUT2D eigenvalue weighted by Crippen LogP contribution is 2.42. The number of carbonyl (C=O) groups is 1. The zero-order valence-corrected chi connectivity index (χ0v) is 14.2. The zero-order valence-electron chi connectivity index (χ0n) is 14.2. The van der Waals surface area contributed by atoms with Gasteiger partial charge in [0.05, 0.1) is 6.54 Å². The molecule has 132 valence electrons. The van der Waals surface area contributed by atoms with Crippen LogP contribution in [0.4, 0.5) is 0 Å². The van der Waals surface area contributed by atoms with E-state index in [1.54, 1.807) is 7.11 Å². The van der Waals surface area contributed by atoms with E-state index in [-0.39, 0.29) is 17.9 Å². The van der Waals surface area contributed by atoms with Crippen LogP contribution in [-0.2, 0) is 22.7 Å². The van der Waals surface area contributed by atoms with Gasteiger partial charge < -0.3 is 14.6 Å². The Labute approximate surface area is 142 Å². The fraction of sp³-hybridized carbons (Fsp3) is 0.824. The third-order valence-electron chi connectivity index (χ3n) is 5.61. The van der Waals surface area contributed by atoms with Crippen LogP contribution in [0.15, 0.2) is 4.52 Å². The van der Waals surface area contributed by atoms with E-state index < -0.39 is 0 Å². The first kappa shape index (κ1) is 16.0. The van der Waals surface area contributed by atoms with Gasteiger partial charge in [-0.15, -0.1) is 0 Å². The summed E-state index contributed by atoms with van der Waals surface area (Å²) in [7, 11) is 1.61. The van der Waals surface area contributed by atoms with Crippen LogP contribution in [0.2, 0.25) is 0 Å². The minimum absolute atomic E-state index is 0.257. The second-order valence-electron chi connectivity index (χ2n) is 7.48. The molecule has 7 heteroatoms. The Bertz CT molecular complexity index is 582. The number of nitrogens with one attached hydrogen (secondary N) is 1. The molecule has 2 aliphatic carbocycles. The highest BCUT2D eigenvalue weighted by Gasteiger charge is 2.43. The van der Waals surface area contributed by atoms with Gasteiger partial charge in [-0.05, 0) is 37.5 Å². The number of rotatable bonds is 7. The number of likely N-dealkylation sites (tertiary alicyclic amines) is 1. The van der Waals surface area contributed by atoms with Gasteiger partial charge in [-0.25, -0.2) is 0 Å². The fourth-order valence-electron chi connectivity index (χ4n) is 3.90. The fourth-order valence-corrected chi connectivity index (χ4v) is 3.90. The van der Waals surface area contributed by atoms with Gasteiger partial charge in [0.2, 0.25) is 5.91 Å². The van der Waals surface area contributed by atoms with Crippen molar-refractivity contribution in [3.63, 3.8) is 0 Å². The lowest BCUT2D eigenvalue weighted by atomic mass is 9.84. The van der Waals surface area contributed by atoms with Crippen LogP contribution in [0.1, 0.15) is 43.8 Å². The Hall–Kier alpha value is -1.47. The molecule has 2 heterocycles. The summed E-state index contributed by atoms with van der Waals surface area (Å²) in [5.41, 5.74) is 0. The summed E-state index contributed by atoms with van der Waals surface area (Å²) in [6.07, 6.45) is 5.91. The van der Waals surface area contributed by atoms with Crippen molar-refractivity contribution in [2.75, 3.05) is 20.2 Å². The topological polar surface area (TPSA) is 80.5 Å². The number of hydrogen-bond donors (Lipinski definition) is 1. The van der Waals surface area contributed by atoms with Gasteiger partial charge in [-0.2, -0.15) is 4.98 Å². The van der Waals surface area contributed by atoms with E-state index in [0.717, 1.165) is 31.8 Å². The van der Waals surface area contributed by atoms with Crippen LogP contribution in [0.25, 0.3) is 0 Å². The van der Waals surface area contributed by atoms with Gasteiger partial charge in [0, 0.05) is 32.2 Å². The molecule has 1 aromatic rings. The molecule has 4 rings (SSSR count). The number of nitrogens with zero attached hydrogens (tertiary/aromatic N) is 3. The smallest absolute Gasteiger partial charge is 0.252 e. The van der Waals surface area contributed by atoms with E-state index in [4.69, 9.17) is 9.26 Å². The third kappa shape index (κ3) is 3.47. The second kappa shape index (κ2) is 6.80. The second-order valence-corrected chi connectivity index (χ2v) is 7.48. The molecule has 0 spiro atoms. The molecular weight excluding hydrogens is 308 g/mol. The van der Waals surface area contributed by atoms with Crippen LogP contribution in [0, 0.1) is 17.8 Å². The van der Waals surface area contributed by atoms with E-state index in [0.29, 0.717) is 30.8 Å². The third-order valence-corrected chi connectivity index (χ3v) is 5.61. The Morgan fingerprint density at radius 3 is 2.83 bits per heavy atom. The minimum Gasteiger partial charge on any atom is -0.375 e. The summed E-state index contributed by atoms with van der Waals surface area (Å²) in [4.78, 5) is 19.0. The molecule has 1 N–H and O–H groups in total. The summed E-state index contributed by atoms with van der Waals surface area (Å²) in [5.74, 6) is 3.08. The van der Waals surface area contributed by atoms with Gasteiger partial charge in [0.15, 0.2) is 5.82 Å². The van der Waals surface area contributed by atoms with Crippen molar-refractivity contribution in [3.05, 3.63) is 11.7 Å². The van der Waals surface area contributed by atoms with Crippen LogP contribution in [0.5, 0.6) is 0 Å². The lowest BCUT2D eigenvalue weighted by molar-refractivity contribution is -0.128. The maximum absolute atomic E-state index is 12.3. The number of aromatic nitrogens is 2. The van der Waals surface area contributed by atoms with Gasteiger partial charge in [0.25, 0.3) is 5.89 Å². The molecule has 2 saturated carbocycles. The predicted octanol–water partition coefficient (Wildman–Crippen LogP) is 1.34. The molecule has 1 amide bonds. The summed E-state index contributed by atoms with van der Waals surface area (Å²) < 4.78 is 10.2. The first-order valence-electron chi connectivity index (χ1n) is 9.06. The van der Waals surface area contributed by atoms with E-state index in [1.165, 1.54) is 19.3 Å². The molecule has 1 aromatic heterocycles. The Balaban J connectivity index is 1.35. The molecule has 0 radical (unpaired) electrons. The van der Waals surface area contributed by atoms with Crippen LogP contribution in [0.3, 0.4) is 0 Å². The molecular formula is C17H26N4O3. The number of ether oxygens (including phenoxy) is 1. The van der Waals surface area contributed by atoms with Gasteiger partial charge in [0.1, 0.15) is 6.61 Å².